The monoisotopic (exact) mass is 226 g/mol. The van der Waals surface area contributed by atoms with Crippen molar-refractivity contribution in [2.75, 3.05) is 26.2 Å². The van der Waals surface area contributed by atoms with Crippen LogP contribution in [0.4, 0.5) is 0 Å². The van der Waals surface area contributed by atoms with Crippen LogP contribution < -0.4 is 5.32 Å². The molecule has 0 amide bonds. The van der Waals surface area contributed by atoms with Crippen molar-refractivity contribution in [1.29, 1.82) is 0 Å². The SMILES string of the molecule is C=CCN(CC)C(CCC)CNCC(C)C. The topological polar surface area (TPSA) is 15.3 Å². The lowest BCUT2D eigenvalue weighted by Gasteiger charge is -2.30. The zero-order valence-corrected chi connectivity index (χ0v) is 11.6. The molecule has 0 aliphatic rings. The van der Waals surface area contributed by atoms with Gasteiger partial charge in [-0.2, -0.15) is 0 Å². The third-order valence-corrected chi connectivity index (χ3v) is 2.84. The molecule has 0 aromatic carbocycles. The van der Waals surface area contributed by atoms with Crippen LogP contribution in [0, 0.1) is 5.92 Å². The van der Waals surface area contributed by atoms with Crippen LogP contribution in [0.3, 0.4) is 0 Å². The molecule has 2 nitrogen and oxygen atoms in total. The Labute approximate surface area is 102 Å². The van der Waals surface area contributed by atoms with E-state index in [-0.39, 0.29) is 0 Å². The first-order valence-electron chi connectivity index (χ1n) is 6.71. The molecule has 0 radical (unpaired) electrons. The average molecular weight is 226 g/mol. The van der Waals surface area contributed by atoms with E-state index in [2.05, 4.69) is 44.5 Å². The van der Waals surface area contributed by atoms with Gasteiger partial charge in [-0.25, -0.2) is 0 Å². The van der Waals surface area contributed by atoms with Crippen molar-refractivity contribution < 1.29 is 0 Å². The molecule has 1 atom stereocenters. The summed E-state index contributed by atoms with van der Waals surface area (Å²) in [6.07, 6.45) is 4.53. The Morgan fingerprint density at radius 2 is 1.94 bits per heavy atom. The van der Waals surface area contributed by atoms with E-state index in [4.69, 9.17) is 0 Å². The summed E-state index contributed by atoms with van der Waals surface area (Å²) in [5.74, 6) is 0.733. The predicted octanol–water partition coefficient (Wildman–Crippen LogP) is 2.91. The van der Waals surface area contributed by atoms with Crippen LogP contribution >= 0.6 is 0 Å². The Morgan fingerprint density at radius 1 is 1.25 bits per heavy atom. The standard InChI is InChI=1S/C14H30N2/c1-6-9-14(12-15-11-13(4)5)16(8-3)10-7-2/h7,13-15H,2,6,8-12H2,1,3-5H3. The van der Waals surface area contributed by atoms with Crippen LogP contribution in [0.2, 0.25) is 0 Å². The fourth-order valence-electron chi connectivity index (χ4n) is 1.99. The van der Waals surface area contributed by atoms with Crippen LogP contribution in [0.1, 0.15) is 40.5 Å². The summed E-state index contributed by atoms with van der Waals surface area (Å²) in [5, 5.41) is 3.57. The second-order valence-corrected chi connectivity index (χ2v) is 4.87. The minimum atomic E-state index is 0.659. The van der Waals surface area contributed by atoms with E-state index in [9.17, 15) is 0 Å². The predicted molar refractivity (Wildman–Crippen MR) is 73.8 cm³/mol. The van der Waals surface area contributed by atoms with Gasteiger partial charge in [0.1, 0.15) is 0 Å². The molecular formula is C14H30N2. The molecule has 0 saturated heterocycles. The highest BCUT2D eigenvalue weighted by atomic mass is 15.2. The van der Waals surface area contributed by atoms with Crippen molar-refractivity contribution in [3.63, 3.8) is 0 Å². The van der Waals surface area contributed by atoms with Crippen LogP contribution in [-0.2, 0) is 0 Å². The number of rotatable bonds is 10. The zero-order valence-electron chi connectivity index (χ0n) is 11.6. The Kier molecular flexibility index (Phi) is 9.65. The summed E-state index contributed by atoms with van der Waals surface area (Å²) >= 11 is 0. The molecule has 2 heteroatoms. The van der Waals surface area contributed by atoms with Crippen LogP contribution in [0.5, 0.6) is 0 Å². The number of hydrogen-bond donors (Lipinski definition) is 1. The Morgan fingerprint density at radius 3 is 2.38 bits per heavy atom. The fourth-order valence-corrected chi connectivity index (χ4v) is 1.99. The summed E-state index contributed by atoms with van der Waals surface area (Å²) in [5.41, 5.74) is 0. The Hall–Kier alpha value is -0.340. The first kappa shape index (κ1) is 15.7. The molecule has 1 unspecified atom stereocenters. The third-order valence-electron chi connectivity index (χ3n) is 2.84. The van der Waals surface area contributed by atoms with Gasteiger partial charge in [-0.1, -0.05) is 40.2 Å². The van der Waals surface area contributed by atoms with Crippen molar-refractivity contribution in [2.24, 2.45) is 5.92 Å². The van der Waals surface area contributed by atoms with Gasteiger partial charge in [-0.05, 0) is 25.4 Å². The lowest BCUT2D eigenvalue weighted by molar-refractivity contribution is 0.209. The molecular weight excluding hydrogens is 196 g/mol. The summed E-state index contributed by atoms with van der Waals surface area (Å²) in [4.78, 5) is 2.50. The molecule has 0 aliphatic heterocycles. The number of likely N-dealkylation sites (N-methyl/N-ethyl adjacent to an activating group) is 1. The van der Waals surface area contributed by atoms with E-state index in [1.807, 2.05) is 6.08 Å². The summed E-state index contributed by atoms with van der Waals surface area (Å²) in [7, 11) is 0. The molecule has 0 heterocycles. The molecule has 0 aromatic rings. The Balaban J connectivity index is 4.06. The average Bonchev–Trinajstić information content (AvgIpc) is 2.24. The minimum Gasteiger partial charge on any atom is -0.315 e. The molecule has 0 saturated carbocycles. The van der Waals surface area contributed by atoms with E-state index in [0.29, 0.717) is 6.04 Å². The largest absolute Gasteiger partial charge is 0.315 e. The molecule has 0 aliphatic carbocycles. The summed E-state index contributed by atoms with van der Waals surface area (Å²) in [6, 6.07) is 0.659. The highest BCUT2D eigenvalue weighted by Gasteiger charge is 2.14. The maximum atomic E-state index is 3.84. The molecule has 0 spiro atoms. The van der Waals surface area contributed by atoms with E-state index in [1.165, 1.54) is 12.8 Å². The summed E-state index contributed by atoms with van der Waals surface area (Å²) < 4.78 is 0. The van der Waals surface area contributed by atoms with Gasteiger partial charge in [0.25, 0.3) is 0 Å². The van der Waals surface area contributed by atoms with Crippen molar-refractivity contribution in [2.45, 2.75) is 46.6 Å². The highest BCUT2D eigenvalue weighted by Crippen LogP contribution is 2.06. The zero-order chi connectivity index (χ0) is 12.4. The van der Waals surface area contributed by atoms with Gasteiger partial charge < -0.3 is 5.32 Å². The molecule has 0 aromatic heterocycles. The second kappa shape index (κ2) is 9.86. The lowest BCUT2D eigenvalue weighted by atomic mass is 10.1. The van der Waals surface area contributed by atoms with E-state index >= 15 is 0 Å². The van der Waals surface area contributed by atoms with Gasteiger partial charge in [-0.15, -0.1) is 6.58 Å². The minimum absolute atomic E-state index is 0.659. The number of nitrogens with zero attached hydrogens (tertiary/aromatic N) is 1. The highest BCUT2D eigenvalue weighted by molar-refractivity contribution is 4.80. The molecule has 0 fully saturated rings. The van der Waals surface area contributed by atoms with Gasteiger partial charge >= 0.3 is 0 Å². The first-order chi connectivity index (χ1) is 7.65. The molecule has 16 heavy (non-hydrogen) atoms. The van der Waals surface area contributed by atoms with Gasteiger partial charge in [0, 0.05) is 19.1 Å². The first-order valence-corrected chi connectivity index (χ1v) is 6.71. The Bertz CT molecular complexity index is 166. The third kappa shape index (κ3) is 7.02. The maximum absolute atomic E-state index is 3.84. The fraction of sp³-hybridized carbons (Fsp3) is 0.857. The van der Waals surface area contributed by atoms with E-state index in [1.54, 1.807) is 0 Å². The van der Waals surface area contributed by atoms with Crippen LogP contribution in [0.15, 0.2) is 12.7 Å². The lowest BCUT2D eigenvalue weighted by Crippen LogP contribution is -2.43. The molecule has 0 rings (SSSR count). The van der Waals surface area contributed by atoms with Crippen molar-refractivity contribution in [3.8, 4) is 0 Å². The number of hydrogen-bond acceptors (Lipinski definition) is 2. The molecule has 1 N–H and O–H groups in total. The quantitative estimate of drug-likeness (QED) is 0.576. The van der Waals surface area contributed by atoms with Gasteiger partial charge in [-0.3, -0.25) is 4.90 Å². The maximum Gasteiger partial charge on any atom is 0.0223 e. The number of nitrogens with one attached hydrogen (secondary N) is 1. The van der Waals surface area contributed by atoms with E-state index in [0.717, 1.165) is 32.1 Å². The van der Waals surface area contributed by atoms with E-state index < -0.39 is 0 Å². The van der Waals surface area contributed by atoms with Gasteiger partial charge in [0.05, 0.1) is 0 Å². The van der Waals surface area contributed by atoms with Crippen molar-refractivity contribution in [3.05, 3.63) is 12.7 Å². The van der Waals surface area contributed by atoms with Crippen LogP contribution in [0.25, 0.3) is 0 Å². The van der Waals surface area contributed by atoms with Gasteiger partial charge in [0.2, 0.25) is 0 Å². The van der Waals surface area contributed by atoms with Crippen molar-refractivity contribution >= 4 is 0 Å². The normalized spacial score (nSPS) is 13.4. The second-order valence-electron chi connectivity index (χ2n) is 4.87. The summed E-state index contributed by atoms with van der Waals surface area (Å²) in [6.45, 7) is 17.2. The van der Waals surface area contributed by atoms with Gasteiger partial charge in [0.15, 0.2) is 0 Å². The van der Waals surface area contributed by atoms with Crippen LogP contribution in [-0.4, -0.2) is 37.1 Å². The molecule has 0 bridgehead atoms. The van der Waals surface area contributed by atoms with Crippen molar-refractivity contribution in [1.82, 2.24) is 10.2 Å². The smallest absolute Gasteiger partial charge is 0.0223 e. The molecule has 96 valence electrons.